The minimum Gasteiger partial charge on any atom is -0.317 e. The standard InChI is InChI=1S/C19H32N2/c1-15-12-16(2)18(19(13-15)20-3)14-21(4)11-10-17-8-6-5-7-9-17/h5-9,15-16,18-20H,10-14H2,1-4H3. The van der Waals surface area contributed by atoms with Crippen LogP contribution in [0, 0.1) is 17.8 Å². The number of likely N-dealkylation sites (N-methyl/N-ethyl adjacent to an activating group) is 1. The summed E-state index contributed by atoms with van der Waals surface area (Å²) >= 11 is 0. The van der Waals surface area contributed by atoms with Crippen LogP contribution in [-0.2, 0) is 6.42 Å². The topological polar surface area (TPSA) is 15.3 Å². The van der Waals surface area contributed by atoms with Crippen LogP contribution in [0.15, 0.2) is 30.3 Å². The molecule has 0 saturated heterocycles. The van der Waals surface area contributed by atoms with E-state index in [-0.39, 0.29) is 0 Å². The molecule has 0 aliphatic heterocycles. The highest BCUT2D eigenvalue weighted by molar-refractivity contribution is 5.14. The molecule has 1 aliphatic carbocycles. The van der Waals surface area contributed by atoms with Crippen LogP contribution >= 0.6 is 0 Å². The van der Waals surface area contributed by atoms with Gasteiger partial charge >= 0.3 is 0 Å². The van der Waals surface area contributed by atoms with Crippen molar-refractivity contribution < 1.29 is 0 Å². The van der Waals surface area contributed by atoms with Crippen molar-refractivity contribution in [2.75, 3.05) is 27.2 Å². The van der Waals surface area contributed by atoms with Crippen LogP contribution in [0.2, 0.25) is 0 Å². The average molecular weight is 288 g/mol. The molecule has 118 valence electrons. The maximum atomic E-state index is 3.57. The fourth-order valence-electron chi connectivity index (χ4n) is 3.97. The first-order valence-corrected chi connectivity index (χ1v) is 8.50. The molecule has 1 aromatic carbocycles. The van der Waals surface area contributed by atoms with Gasteiger partial charge in [-0.25, -0.2) is 0 Å². The van der Waals surface area contributed by atoms with Crippen molar-refractivity contribution in [1.29, 1.82) is 0 Å². The van der Waals surface area contributed by atoms with Crippen LogP contribution in [0.1, 0.15) is 32.3 Å². The lowest BCUT2D eigenvalue weighted by molar-refractivity contribution is 0.116. The quantitative estimate of drug-likeness (QED) is 0.863. The van der Waals surface area contributed by atoms with E-state index < -0.39 is 0 Å². The summed E-state index contributed by atoms with van der Waals surface area (Å²) < 4.78 is 0. The fraction of sp³-hybridized carbons (Fsp3) is 0.684. The second-order valence-electron chi connectivity index (χ2n) is 7.11. The first-order chi connectivity index (χ1) is 10.1. The van der Waals surface area contributed by atoms with Gasteiger partial charge in [0.25, 0.3) is 0 Å². The van der Waals surface area contributed by atoms with Crippen molar-refractivity contribution in [1.82, 2.24) is 10.2 Å². The summed E-state index contributed by atoms with van der Waals surface area (Å²) in [5.41, 5.74) is 1.44. The molecule has 2 rings (SSSR count). The SMILES string of the molecule is CNC1CC(C)CC(C)C1CN(C)CCc1ccccc1. The number of hydrogen-bond donors (Lipinski definition) is 1. The van der Waals surface area contributed by atoms with Crippen LogP contribution in [0.3, 0.4) is 0 Å². The van der Waals surface area contributed by atoms with Gasteiger partial charge in [0.15, 0.2) is 0 Å². The van der Waals surface area contributed by atoms with E-state index in [2.05, 4.69) is 68.5 Å². The lowest BCUT2D eigenvalue weighted by atomic mass is 9.72. The summed E-state index contributed by atoms with van der Waals surface area (Å²) in [5.74, 6) is 2.47. The van der Waals surface area contributed by atoms with Gasteiger partial charge in [-0.1, -0.05) is 44.2 Å². The summed E-state index contributed by atoms with van der Waals surface area (Å²) in [6.45, 7) is 7.21. The fourth-order valence-corrected chi connectivity index (χ4v) is 3.97. The van der Waals surface area contributed by atoms with Gasteiger partial charge < -0.3 is 10.2 Å². The molecule has 1 saturated carbocycles. The highest BCUT2D eigenvalue weighted by Gasteiger charge is 2.33. The van der Waals surface area contributed by atoms with E-state index >= 15 is 0 Å². The maximum Gasteiger partial charge on any atom is 0.0110 e. The molecular formula is C19H32N2. The highest BCUT2D eigenvalue weighted by Crippen LogP contribution is 2.34. The minimum absolute atomic E-state index is 0.683. The molecular weight excluding hydrogens is 256 g/mol. The zero-order chi connectivity index (χ0) is 15.2. The smallest absolute Gasteiger partial charge is 0.0110 e. The molecule has 2 nitrogen and oxygen atoms in total. The third kappa shape index (κ3) is 4.82. The van der Waals surface area contributed by atoms with Crippen LogP contribution in [0.25, 0.3) is 0 Å². The van der Waals surface area contributed by atoms with Crippen molar-refractivity contribution in [3.63, 3.8) is 0 Å². The molecule has 1 aromatic rings. The molecule has 2 heteroatoms. The molecule has 1 aliphatic rings. The Morgan fingerprint density at radius 1 is 1.14 bits per heavy atom. The number of benzene rings is 1. The molecule has 0 radical (unpaired) electrons. The molecule has 4 atom stereocenters. The van der Waals surface area contributed by atoms with Gasteiger partial charge in [-0.3, -0.25) is 0 Å². The second-order valence-corrected chi connectivity index (χ2v) is 7.11. The molecule has 0 aromatic heterocycles. The third-order valence-electron chi connectivity index (χ3n) is 5.20. The second kappa shape index (κ2) is 7.95. The zero-order valence-corrected chi connectivity index (χ0v) is 14.2. The van der Waals surface area contributed by atoms with Gasteiger partial charge in [0.1, 0.15) is 0 Å². The Bertz CT molecular complexity index is 403. The van der Waals surface area contributed by atoms with E-state index in [0.717, 1.165) is 30.7 Å². The molecule has 1 N–H and O–H groups in total. The normalized spacial score (nSPS) is 29.8. The lowest BCUT2D eigenvalue weighted by Crippen LogP contribution is -2.47. The predicted molar refractivity (Wildman–Crippen MR) is 91.5 cm³/mol. The summed E-state index contributed by atoms with van der Waals surface area (Å²) in [5, 5.41) is 3.57. The lowest BCUT2D eigenvalue weighted by Gasteiger charge is -2.41. The number of rotatable bonds is 6. The van der Waals surface area contributed by atoms with Gasteiger partial charge in [-0.05, 0) is 56.7 Å². The largest absolute Gasteiger partial charge is 0.317 e. The molecule has 1 fully saturated rings. The zero-order valence-electron chi connectivity index (χ0n) is 14.2. The van der Waals surface area contributed by atoms with Crippen LogP contribution in [-0.4, -0.2) is 38.1 Å². The van der Waals surface area contributed by atoms with Gasteiger partial charge in [-0.15, -0.1) is 0 Å². The molecule has 0 bridgehead atoms. The summed E-state index contributed by atoms with van der Waals surface area (Å²) in [4.78, 5) is 2.52. The first kappa shape index (κ1) is 16.5. The van der Waals surface area contributed by atoms with E-state index in [1.54, 1.807) is 0 Å². The van der Waals surface area contributed by atoms with Crippen molar-refractivity contribution in [2.45, 2.75) is 39.2 Å². The molecule has 0 heterocycles. The average Bonchev–Trinajstić information content (AvgIpc) is 2.48. The Balaban J connectivity index is 1.84. The Morgan fingerprint density at radius 3 is 2.52 bits per heavy atom. The monoisotopic (exact) mass is 288 g/mol. The minimum atomic E-state index is 0.683. The van der Waals surface area contributed by atoms with Crippen LogP contribution in [0.4, 0.5) is 0 Å². The number of nitrogens with zero attached hydrogens (tertiary/aromatic N) is 1. The van der Waals surface area contributed by atoms with E-state index in [9.17, 15) is 0 Å². The van der Waals surface area contributed by atoms with Crippen LogP contribution in [0.5, 0.6) is 0 Å². The van der Waals surface area contributed by atoms with Crippen molar-refractivity contribution in [3.8, 4) is 0 Å². The van der Waals surface area contributed by atoms with Crippen molar-refractivity contribution in [3.05, 3.63) is 35.9 Å². The van der Waals surface area contributed by atoms with Gasteiger partial charge in [0, 0.05) is 19.1 Å². The number of hydrogen-bond acceptors (Lipinski definition) is 2. The molecule has 0 spiro atoms. The van der Waals surface area contributed by atoms with E-state index in [1.165, 1.54) is 24.9 Å². The Hall–Kier alpha value is -0.860. The molecule has 21 heavy (non-hydrogen) atoms. The van der Waals surface area contributed by atoms with E-state index in [0.29, 0.717) is 6.04 Å². The summed E-state index contributed by atoms with van der Waals surface area (Å²) in [6, 6.07) is 11.5. The summed E-state index contributed by atoms with van der Waals surface area (Å²) in [7, 11) is 4.41. The molecule has 4 unspecified atom stereocenters. The van der Waals surface area contributed by atoms with Crippen molar-refractivity contribution >= 4 is 0 Å². The van der Waals surface area contributed by atoms with E-state index in [4.69, 9.17) is 0 Å². The Kier molecular flexibility index (Phi) is 6.25. The first-order valence-electron chi connectivity index (χ1n) is 8.50. The Morgan fingerprint density at radius 2 is 1.86 bits per heavy atom. The number of nitrogens with one attached hydrogen (secondary N) is 1. The van der Waals surface area contributed by atoms with Gasteiger partial charge in [0.05, 0.1) is 0 Å². The summed E-state index contributed by atoms with van der Waals surface area (Å²) in [6.07, 6.45) is 3.87. The van der Waals surface area contributed by atoms with Gasteiger partial charge in [0.2, 0.25) is 0 Å². The highest BCUT2D eigenvalue weighted by atomic mass is 15.1. The third-order valence-corrected chi connectivity index (χ3v) is 5.20. The van der Waals surface area contributed by atoms with Crippen LogP contribution < -0.4 is 5.32 Å². The van der Waals surface area contributed by atoms with Gasteiger partial charge in [-0.2, -0.15) is 0 Å². The maximum absolute atomic E-state index is 3.57. The van der Waals surface area contributed by atoms with Crippen molar-refractivity contribution in [2.24, 2.45) is 17.8 Å². The molecule has 0 amide bonds. The van der Waals surface area contributed by atoms with E-state index in [1.807, 2.05) is 0 Å². The predicted octanol–water partition coefficient (Wildman–Crippen LogP) is 3.43. The Labute approximate surface area is 130 Å².